The minimum absolute atomic E-state index is 0.00677. The molecule has 0 radical (unpaired) electrons. The number of aromatic amines is 1. The fourth-order valence-electron chi connectivity index (χ4n) is 3.35. The Hall–Kier alpha value is -2.93. The van der Waals surface area contributed by atoms with Crippen LogP contribution in [-0.2, 0) is 24.3 Å². The lowest BCUT2D eigenvalue weighted by Crippen LogP contribution is -2.42. The molecule has 0 bridgehead atoms. The summed E-state index contributed by atoms with van der Waals surface area (Å²) >= 11 is 0. The molecule has 1 amide bonds. The first-order chi connectivity index (χ1) is 12.7. The number of rotatable bonds is 5. The molecule has 2 N–H and O–H groups in total. The standard InChI is InChI=1S/C19H22N6O/c1-24(19(26)18-17-15(7-8-21-18)22-13-23-17)12-16-20-9-10-25(16)11-14-5-3-2-4-6-14/h2-6,9-10,13,18,21H,7-8,11-12H2,1H3,(H,22,23). The minimum Gasteiger partial charge on any atom is -0.348 e. The van der Waals surface area contributed by atoms with Gasteiger partial charge in [0.2, 0.25) is 5.91 Å². The largest absolute Gasteiger partial charge is 0.348 e. The van der Waals surface area contributed by atoms with Crippen molar-refractivity contribution in [3.8, 4) is 0 Å². The number of carbonyl (C=O) groups excluding carboxylic acids is 1. The molecule has 3 heterocycles. The van der Waals surface area contributed by atoms with Gasteiger partial charge >= 0.3 is 0 Å². The van der Waals surface area contributed by atoms with Gasteiger partial charge in [-0.15, -0.1) is 0 Å². The second-order valence-corrected chi connectivity index (χ2v) is 6.55. The number of likely N-dealkylation sites (N-methyl/N-ethyl adjacent to an activating group) is 1. The van der Waals surface area contributed by atoms with Gasteiger partial charge in [0.25, 0.3) is 0 Å². The van der Waals surface area contributed by atoms with Crippen molar-refractivity contribution in [1.82, 2.24) is 29.7 Å². The summed E-state index contributed by atoms with van der Waals surface area (Å²) < 4.78 is 2.08. The SMILES string of the molecule is CN(Cc1nccn1Cc1ccccc1)C(=O)C1NCCc2[nH]cnc21. The fraction of sp³-hybridized carbons (Fsp3) is 0.316. The van der Waals surface area contributed by atoms with Crippen LogP contribution in [0.2, 0.25) is 0 Å². The molecular weight excluding hydrogens is 328 g/mol. The molecule has 0 aliphatic carbocycles. The number of imidazole rings is 2. The molecule has 0 fully saturated rings. The van der Waals surface area contributed by atoms with E-state index in [1.165, 1.54) is 5.56 Å². The molecule has 1 atom stereocenters. The zero-order valence-corrected chi connectivity index (χ0v) is 14.7. The van der Waals surface area contributed by atoms with Gasteiger partial charge in [-0.2, -0.15) is 0 Å². The van der Waals surface area contributed by atoms with Gasteiger partial charge in [-0.3, -0.25) is 4.79 Å². The second-order valence-electron chi connectivity index (χ2n) is 6.55. The van der Waals surface area contributed by atoms with Crippen molar-refractivity contribution < 1.29 is 4.79 Å². The van der Waals surface area contributed by atoms with E-state index in [2.05, 4.69) is 37.0 Å². The number of fused-ring (bicyclic) bond motifs is 1. The third kappa shape index (κ3) is 3.25. The van der Waals surface area contributed by atoms with Gasteiger partial charge in [0, 0.05) is 44.6 Å². The van der Waals surface area contributed by atoms with Crippen molar-refractivity contribution in [2.24, 2.45) is 0 Å². The average molecular weight is 350 g/mol. The normalized spacial score (nSPS) is 16.3. The fourth-order valence-corrected chi connectivity index (χ4v) is 3.35. The molecule has 0 saturated heterocycles. The highest BCUT2D eigenvalue weighted by molar-refractivity contribution is 5.83. The number of aromatic nitrogens is 4. The highest BCUT2D eigenvalue weighted by Crippen LogP contribution is 2.21. The van der Waals surface area contributed by atoms with Gasteiger partial charge in [0.05, 0.1) is 18.6 Å². The molecule has 26 heavy (non-hydrogen) atoms. The van der Waals surface area contributed by atoms with Gasteiger partial charge < -0.3 is 19.8 Å². The van der Waals surface area contributed by atoms with E-state index < -0.39 is 6.04 Å². The Kier molecular flexibility index (Phi) is 4.53. The van der Waals surface area contributed by atoms with Crippen molar-refractivity contribution in [2.75, 3.05) is 13.6 Å². The molecule has 7 nitrogen and oxygen atoms in total. The van der Waals surface area contributed by atoms with E-state index in [0.29, 0.717) is 6.54 Å². The Labute approximate surface area is 152 Å². The second kappa shape index (κ2) is 7.13. The maximum atomic E-state index is 12.9. The van der Waals surface area contributed by atoms with Crippen LogP contribution in [0.3, 0.4) is 0 Å². The Morgan fingerprint density at radius 1 is 1.31 bits per heavy atom. The summed E-state index contributed by atoms with van der Waals surface area (Å²) in [5, 5.41) is 3.28. The third-order valence-electron chi connectivity index (χ3n) is 4.75. The number of carbonyl (C=O) groups is 1. The predicted molar refractivity (Wildman–Crippen MR) is 97.3 cm³/mol. The van der Waals surface area contributed by atoms with E-state index in [1.54, 1.807) is 17.4 Å². The molecule has 2 aromatic heterocycles. The first-order valence-corrected chi connectivity index (χ1v) is 8.77. The zero-order chi connectivity index (χ0) is 17.9. The van der Waals surface area contributed by atoms with Crippen LogP contribution < -0.4 is 5.32 Å². The molecule has 134 valence electrons. The Morgan fingerprint density at radius 2 is 2.15 bits per heavy atom. The molecule has 1 aromatic carbocycles. The van der Waals surface area contributed by atoms with E-state index >= 15 is 0 Å². The van der Waals surface area contributed by atoms with Crippen molar-refractivity contribution in [2.45, 2.75) is 25.6 Å². The maximum absolute atomic E-state index is 12.9. The summed E-state index contributed by atoms with van der Waals surface area (Å²) in [4.78, 5) is 26.5. The maximum Gasteiger partial charge on any atom is 0.246 e. The molecule has 1 aliphatic heterocycles. The van der Waals surface area contributed by atoms with Crippen LogP contribution in [0, 0.1) is 0 Å². The zero-order valence-electron chi connectivity index (χ0n) is 14.7. The lowest BCUT2D eigenvalue weighted by molar-refractivity contribution is -0.133. The smallest absolute Gasteiger partial charge is 0.246 e. The van der Waals surface area contributed by atoms with Crippen molar-refractivity contribution >= 4 is 5.91 Å². The molecule has 0 saturated carbocycles. The van der Waals surface area contributed by atoms with E-state index in [9.17, 15) is 4.79 Å². The summed E-state index contributed by atoms with van der Waals surface area (Å²) in [7, 11) is 1.81. The van der Waals surface area contributed by atoms with Crippen molar-refractivity contribution in [3.63, 3.8) is 0 Å². The molecule has 0 spiro atoms. The minimum atomic E-state index is -0.396. The number of hydrogen-bond acceptors (Lipinski definition) is 4. The lowest BCUT2D eigenvalue weighted by Gasteiger charge is -2.27. The third-order valence-corrected chi connectivity index (χ3v) is 4.75. The molecule has 4 rings (SSSR count). The first-order valence-electron chi connectivity index (χ1n) is 8.77. The molecule has 1 aliphatic rings. The van der Waals surface area contributed by atoms with Crippen molar-refractivity contribution in [1.29, 1.82) is 0 Å². The van der Waals surface area contributed by atoms with Gasteiger partial charge in [-0.25, -0.2) is 9.97 Å². The summed E-state index contributed by atoms with van der Waals surface area (Å²) in [6, 6.07) is 9.83. The van der Waals surface area contributed by atoms with Crippen LogP contribution in [0.5, 0.6) is 0 Å². The van der Waals surface area contributed by atoms with Gasteiger partial charge in [0.15, 0.2) is 0 Å². The molecule has 7 heteroatoms. The first kappa shape index (κ1) is 16.5. The summed E-state index contributed by atoms with van der Waals surface area (Å²) in [6.45, 7) is 1.96. The van der Waals surface area contributed by atoms with Gasteiger partial charge in [-0.1, -0.05) is 30.3 Å². The number of nitrogens with one attached hydrogen (secondary N) is 2. The van der Waals surface area contributed by atoms with Crippen LogP contribution in [0.25, 0.3) is 0 Å². The Balaban J connectivity index is 1.47. The number of benzene rings is 1. The van der Waals surface area contributed by atoms with Crippen LogP contribution >= 0.6 is 0 Å². The molecule has 3 aromatic rings. The van der Waals surface area contributed by atoms with Crippen LogP contribution in [-0.4, -0.2) is 43.9 Å². The number of amides is 1. The predicted octanol–water partition coefficient (Wildman–Crippen LogP) is 1.50. The lowest BCUT2D eigenvalue weighted by atomic mass is 10.0. The Bertz CT molecular complexity index is 884. The molecule has 1 unspecified atom stereocenters. The van der Waals surface area contributed by atoms with Crippen LogP contribution in [0.15, 0.2) is 49.1 Å². The monoisotopic (exact) mass is 350 g/mol. The number of H-pyrrole nitrogens is 1. The summed E-state index contributed by atoms with van der Waals surface area (Å²) in [5.41, 5.74) is 3.05. The molecular formula is C19H22N6O. The van der Waals surface area contributed by atoms with Crippen molar-refractivity contribution in [3.05, 3.63) is 71.8 Å². The topological polar surface area (TPSA) is 78.8 Å². The van der Waals surface area contributed by atoms with Crippen LogP contribution in [0.1, 0.15) is 28.8 Å². The number of nitrogens with zero attached hydrogens (tertiary/aromatic N) is 4. The Morgan fingerprint density at radius 3 is 3.00 bits per heavy atom. The highest BCUT2D eigenvalue weighted by atomic mass is 16.2. The summed E-state index contributed by atoms with van der Waals surface area (Å²) in [6.07, 6.45) is 6.25. The van der Waals surface area contributed by atoms with E-state index in [1.807, 2.05) is 31.4 Å². The number of hydrogen-bond donors (Lipinski definition) is 2. The average Bonchev–Trinajstić information content (AvgIpc) is 3.31. The van der Waals surface area contributed by atoms with E-state index in [4.69, 9.17) is 0 Å². The highest BCUT2D eigenvalue weighted by Gasteiger charge is 2.30. The quantitative estimate of drug-likeness (QED) is 0.731. The summed E-state index contributed by atoms with van der Waals surface area (Å²) in [5.74, 6) is 0.870. The van der Waals surface area contributed by atoms with E-state index in [0.717, 1.165) is 36.7 Å². The van der Waals surface area contributed by atoms with Gasteiger partial charge in [0.1, 0.15) is 11.9 Å². The van der Waals surface area contributed by atoms with E-state index in [-0.39, 0.29) is 5.91 Å². The van der Waals surface area contributed by atoms with Gasteiger partial charge in [-0.05, 0) is 5.56 Å². The van der Waals surface area contributed by atoms with Crippen LogP contribution in [0.4, 0.5) is 0 Å².